The second-order valence-electron chi connectivity index (χ2n) is 6.89. The highest BCUT2D eigenvalue weighted by molar-refractivity contribution is 7.18. The molecule has 2 aromatic carbocycles. The van der Waals surface area contributed by atoms with Crippen LogP contribution in [0.4, 0.5) is 17.6 Å². The Kier molecular flexibility index (Phi) is 4.93. The van der Waals surface area contributed by atoms with Crippen molar-refractivity contribution in [1.29, 1.82) is 0 Å². The number of rotatable bonds is 5. The van der Waals surface area contributed by atoms with Crippen molar-refractivity contribution in [2.24, 2.45) is 0 Å². The summed E-state index contributed by atoms with van der Waals surface area (Å²) in [7, 11) is 0. The van der Waals surface area contributed by atoms with Crippen LogP contribution in [0.1, 0.15) is 22.9 Å². The van der Waals surface area contributed by atoms with E-state index in [1.807, 2.05) is 25.1 Å². The van der Waals surface area contributed by atoms with Gasteiger partial charge in [0.1, 0.15) is 17.3 Å². The maximum absolute atomic E-state index is 14.6. The molecule has 0 aliphatic heterocycles. The Labute approximate surface area is 181 Å². The van der Waals surface area contributed by atoms with Gasteiger partial charge in [0.25, 0.3) is 11.8 Å². The fraction of sp³-hybridized carbons (Fsp3) is 0.150. The number of halogens is 4. The first-order chi connectivity index (χ1) is 15.4. The number of fused-ring (bicyclic) bond motifs is 1. The number of thiazole rings is 1. The lowest BCUT2D eigenvalue weighted by Gasteiger charge is -2.06. The number of nitrogens with zero attached hydrogens (tertiary/aromatic N) is 6. The Balaban J connectivity index is 1.40. The number of alkyl halides is 2. The van der Waals surface area contributed by atoms with E-state index in [4.69, 9.17) is 4.42 Å². The average molecular weight is 460 g/mol. The van der Waals surface area contributed by atoms with Gasteiger partial charge in [0, 0.05) is 11.1 Å². The summed E-state index contributed by atoms with van der Waals surface area (Å²) < 4.78 is 61.4. The van der Waals surface area contributed by atoms with Crippen LogP contribution >= 0.6 is 11.3 Å². The summed E-state index contributed by atoms with van der Waals surface area (Å²) in [6.07, 6.45) is -1.39. The minimum absolute atomic E-state index is 0.00941. The van der Waals surface area contributed by atoms with Crippen molar-refractivity contribution in [3.05, 3.63) is 64.6 Å². The van der Waals surface area contributed by atoms with E-state index >= 15 is 0 Å². The summed E-state index contributed by atoms with van der Waals surface area (Å²) in [6.45, 7) is 1.83. The fourth-order valence-electron chi connectivity index (χ4n) is 3.19. The topological polar surface area (TPSA) is 82.5 Å². The summed E-state index contributed by atoms with van der Waals surface area (Å²) in [5, 5.41) is 15.5. The molecule has 3 heterocycles. The summed E-state index contributed by atoms with van der Waals surface area (Å²) in [5.74, 6) is -3.17. The summed E-state index contributed by atoms with van der Waals surface area (Å²) >= 11 is 1.56. The molecule has 162 valence electrons. The van der Waals surface area contributed by atoms with Crippen molar-refractivity contribution >= 4 is 21.6 Å². The number of hydrogen-bond acceptors (Lipinski definition) is 7. The Morgan fingerprint density at radius 1 is 1.06 bits per heavy atom. The second-order valence-corrected chi connectivity index (χ2v) is 8.12. The molecular weight excluding hydrogens is 448 g/mol. The lowest BCUT2D eigenvalue weighted by atomic mass is 10.1. The van der Waals surface area contributed by atoms with E-state index in [9.17, 15) is 17.6 Å². The monoisotopic (exact) mass is 460 g/mol. The molecule has 0 spiro atoms. The number of hydrogen-bond donors (Lipinski definition) is 0. The van der Waals surface area contributed by atoms with Crippen molar-refractivity contribution in [3.8, 4) is 22.7 Å². The number of aryl methyl sites for hydroxylation is 1. The van der Waals surface area contributed by atoms with Crippen LogP contribution in [0.2, 0.25) is 0 Å². The molecule has 0 saturated carbocycles. The molecule has 0 N–H and O–H groups in total. The number of benzene rings is 2. The predicted molar refractivity (Wildman–Crippen MR) is 107 cm³/mol. The zero-order chi connectivity index (χ0) is 22.4. The van der Waals surface area contributed by atoms with Gasteiger partial charge in [0.15, 0.2) is 0 Å². The molecular formula is C20H12F4N6OS. The van der Waals surface area contributed by atoms with Gasteiger partial charge in [-0.3, -0.25) is 0 Å². The normalized spacial score (nSPS) is 11.7. The van der Waals surface area contributed by atoms with Gasteiger partial charge in [-0.05, 0) is 31.2 Å². The van der Waals surface area contributed by atoms with Crippen molar-refractivity contribution in [3.63, 3.8) is 0 Å². The molecule has 0 saturated heterocycles. The lowest BCUT2D eigenvalue weighted by Crippen LogP contribution is -2.04. The van der Waals surface area contributed by atoms with Crippen LogP contribution in [-0.2, 0) is 6.54 Å². The highest BCUT2D eigenvalue weighted by atomic mass is 32.1. The fourth-order valence-corrected chi connectivity index (χ4v) is 4.05. The third-order valence-corrected chi connectivity index (χ3v) is 5.59. The standard InChI is InChI=1S/C20H12F4N6OS/c1-9-25-15-3-2-10(5-17(15)32-9)16-8-30(29-26-16)7-11-4-14(22)12(6-13(11)21)19-27-28-20(31-19)18(23)24/h2-6,8,18H,7H2,1H3. The molecule has 0 radical (unpaired) electrons. The van der Waals surface area contributed by atoms with Gasteiger partial charge in [-0.15, -0.1) is 26.6 Å². The zero-order valence-electron chi connectivity index (χ0n) is 16.3. The molecule has 0 bridgehead atoms. The first-order valence-corrected chi connectivity index (χ1v) is 10.1. The SMILES string of the molecule is Cc1nc2ccc(-c3cn(Cc4cc(F)c(-c5nnc(C(F)F)o5)cc4F)nn3)cc2s1. The van der Waals surface area contributed by atoms with E-state index < -0.39 is 35.4 Å². The minimum atomic E-state index is -3.01. The Morgan fingerprint density at radius 3 is 2.69 bits per heavy atom. The van der Waals surface area contributed by atoms with Crippen LogP contribution in [0.3, 0.4) is 0 Å². The quantitative estimate of drug-likeness (QED) is 0.336. The Hall–Kier alpha value is -3.67. The number of aromatic nitrogens is 6. The summed E-state index contributed by atoms with van der Waals surface area (Å²) in [4.78, 5) is 4.41. The van der Waals surface area contributed by atoms with E-state index in [1.165, 1.54) is 4.68 Å². The second kappa shape index (κ2) is 7.79. The van der Waals surface area contributed by atoms with Gasteiger partial charge in [-0.2, -0.15) is 8.78 Å². The van der Waals surface area contributed by atoms with E-state index in [2.05, 4.69) is 25.5 Å². The van der Waals surface area contributed by atoms with Crippen LogP contribution in [0.25, 0.3) is 32.9 Å². The molecule has 12 heteroatoms. The smallest absolute Gasteiger partial charge is 0.314 e. The Bertz CT molecular complexity index is 1440. The van der Waals surface area contributed by atoms with Gasteiger partial charge in [-0.1, -0.05) is 11.3 Å². The van der Waals surface area contributed by atoms with E-state index in [0.717, 1.165) is 32.9 Å². The van der Waals surface area contributed by atoms with Crippen molar-refractivity contribution < 1.29 is 22.0 Å². The molecule has 7 nitrogen and oxygen atoms in total. The highest BCUT2D eigenvalue weighted by Gasteiger charge is 2.21. The molecule has 0 aliphatic rings. The van der Waals surface area contributed by atoms with E-state index in [1.54, 1.807) is 17.5 Å². The lowest BCUT2D eigenvalue weighted by molar-refractivity contribution is 0.116. The van der Waals surface area contributed by atoms with Crippen molar-refractivity contribution in [2.45, 2.75) is 19.9 Å². The molecule has 0 fully saturated rings. The maximum atomic E-state index is 14.6. The predicted octanol–water partition coefficient (Wildman–Crippen LogP) is 5.18. The van der Waals surface area contributed by atoms with E-state index in [0.29, 0.717) is 5.69 Å². The molecule has 0 atom stereocenters. The van der Waals surface area contributed by atoms with Crippen LogP contribution in [0.5, 0.6) is 0 Å². The summed E-state index contributed by atoms with van der Waals surface area (Å²) in [6, 6.07) is 7.46. The molecule has 3 aromatic heterocycles. The largest absolute Gasteiger partial charge is 0.415 e. The van der Waals surface area contributed by atoms with Crippen LogP contribution in [0, 0.1) is 18.6 Å². The molecule has 32 heavy (non-hydrogen) atoms. The first kappa shape index (κ1) is 20.2. The molecule has 0 amide bonds. The Morgan fingerprint density at radius 2 is 1.91 bits per heavy atom. The van der Waals surface area contributed by atoms with Crippen molar-refractivity contribution in [2.75, 3.05) is 0 Å². The van der Waals surface area contributed by atoms with Crippen LogP contribution in [0.15, 0.2) is 40.9 Å². The van der Waals surface area contributed by atoms with Gasteiger partial charge < -0.3 is 4.42 Å². The third kappa shape index (κ3) is 3.73. The van der Waals surface area contributed by atoms with Gasteiger partial charge in [0.05, 0.1) is 33.5 Å². The van der Waals surface area contributed by atoms with Crippen LogP contribution in [-0.4, -0.2) is 30.2 Å². The maximum Gasteiger partial charge on any atom is 0.314 e. The van der Waals surface area contributed by atoms with E-state index in [-0.39, 0.29) is 12.1 Å². The van der Waals surface area contributed by atoms with Crippen molar-refractivity contribution in [1.82, 2.24) is 30.2 Å². The molecule has 0 aliphatic carbocycles. The molecule has 5 rings (SSSR count). The highest BCUT2D eigenvalue weighted by Crippen LogP contribution is 2.29. The van der Waals surface area contributed by atoms with Gasteiger partial charge in [-0.25, -0.2) is 18.4 Å². The van der Waals surface area contributed by atoms with Gasteiger partial charge in [0.2, 0.25) is 0 Å². The first-order valence-electron chi connectivity index (χ1n) is 9.25. The van der Waals surface area contributed by atoms with Gasteiger partial charge >= 0.3 is 6.43 Å². The van der Waals surface area contributed by atoms with Crippen LogP contribution < -0.4 is 0 Å². The summed E-state index contributed by atoms with van der Waals surface area (Å²) in [5.41, 5.74) is 1.87. The third-order valence-electron chi connectivity index (χ3n) is 4.66. The zero-order valence-corrected chi connectivity index (χ0v) is 17.1. The molecule has 0 unspecified atom stereocenters. The minimum Gasteiger partial charge on any atom is -0.415 e. The molecule has 5 aromatic rings. The average Bonchev–Trinajstić information content (AvgIpc) is 3.48.